The summed E-state index contributed by atoms with van der Waals surface area (Å²) < 4.78 is 11.7. The fourth-order valence-corrected chi connectivity index (χ4v) is 3.52. The molecule has 1 N–H and O–H groups in total. The SMILES string of the molecule is CCOc1cccc(OCCN2CCN(C)CC2)c1C(=O)Nc1ccc(Cl)c(C)c1. The zero-order valence-corrected chi connectivity index (χ0v) is 18.7. The van der Waals surface area contributed by atoms with Gasteiger partial charge in [-0.25, -0.2) is 0 Å². The molecule has 0 bridgehead atoms. The molecule has 1 amide bonds. The number of anilines is 1. The summed E-state index contributed by atoms with van der Waals surface area (Å²) in [6.07, 6.45) is 0. The topological polar surface area (TPSA) is 54.0 Å². The lowest BCUT2D eigenvalue weighted by Gasteiger charge is -2.32. The molecule has 0 aliphatic carbocycles. The van der Waals surface area contributed by atoms with Gasteiger partial charge in [0.25, 0.3) is 5.91 Å². The van der Waals surface area contributed by atoms with E-state index in [1.165, 1.54) is 0 Å². The summed E-state index contributed by atoms with van der Waals surface area (Å²) in [7, 11) is 2.14. The number of likely N-dealkylation sites (N-methyl/N-ethyl adjacent to an activating group) is 1. The van der Waals surface area contributed by atoms with Crippen molar-refractivity contribution >= 4 is 23.2 Å². The molecular formula is C23H30ClN3O3. The Morgan fingerprint density at radius 3 is 2.47 bits per heavy atom. The van der Waals surface area contributed by atoms with Gasteiger partial charge in [-0.1, -0.05) is 17.7 Å². The molecule has 3 rings (SSSR count). The van der Waals surface area contributed by atoms with Crippen molar-refractivity contribution in [3.05, 3.63) is 52.5 Å². The fourth-order valence-electron chi connectivity index (χ4n) is 3.40. The molecule has 0 atom stereocenters. The summed E-state index contributed by atoms with van der Waals surface area (Å²) in [5, 5.41) is 3.60. The van der Waals surface area contributed by atoms with E-state index in [9.17, 15) is 4.79 Å². The number of nitrogens with one attached hydrogen (secondary N) is 1. The largest absolute Gasteiger partial charge is 0.493 e. The van der Waals surface area contributed by atoms with Crippen LogP contribution in [0.4, 0.5) is 5.69 Å². The fraction of sp³-hybridized carbons (Fsp3) is 0.435. The Kier molecular flexibility index (Phi) is 7.96. The van der Waals surface area contributed by atoms with Crippen LogP contribution in [-0.2, 0) is 0 Å². The first kappa shape index (κ1) is 22.4. The molecule has 1 aliphatic heterocycles. The summed E-state index contributed by atoms with van der Waals surface area (Å²) in [5.41, 5.74) is 1.98. The van der Waals surface area contributed by atoms with Gasteiger partial charge in [0.05, 0.1) is 6.61 Å². The average Bonchev–Trinajstić information content (AvgIpc) is 2.72. The van der Waals surface area contributed by atoms with Gasteiger partial charge in [-0.15, -0.1) is 0 Å². The van der Waals surface area contributed by atoms with Crippen molar-refractivity contribution in [2.75, 3.05) is 58.3 Å². The van der Waals surface area contributed by atoms with Crippen LogP contribution >= 0.6 is 11.6 Å². The highest BCUT2D eigenvalue weighted by atomic mass is 35.5. The number of piperazine rings is 1. The quantitative estimate of drug-likeness (QED) is 0.686. The van der Waals surface area contributed by atoms with E-state index in [2.05, 4.69) is 22.2 Å². The van der Waals surface area contributed by atoms with E-state index < -0.39 is 0 Å². The maximum absolute atomic E-state index is 13.1. The standard InChI is InChI=1S/C23H30ClN3O3/c1-4-29-20-6-5-7-21(30-15-14-27-12-10-26(3)11-13-27)22(20)23(28)25-18-8-9-19(24)17(2)16-18/h5-9,16H,4,10-15H2,1-3H3,(H,25,28). The third-order valence-corrected chi connectivity index (χ3v) is 5.62. The molecule has 0 radical (unpaired) electrons. The monoisotopic (exact) mass is 431 g/mol. The number of aryl methyl sites for hydroxylation is 1. The Morgan fingerprint density at radius 1 is 1.10 bits per heavy atom. The van der Waals surface area contributed by atoms with E-state index in [0.29, 0.717) is 41.0 Å². The lowest BCUT2D eigenvalue weighted by atomic mass is 10.1. The van der Waals surface area contributed by atoms with Crippen LogP contribution in [0.15, 0.2) is 36.4 Å². The Bertz CT molecular complexity index is 867. The Morgan fingerprint density at radius 2 is 1.80 bits per heavy atom. The first-order chi connectivity index (χ1) is 14.5. The third-order valence-electron chi connectivity index (χ3n) is 5.19. The predicted molar refractivity (Wildman–Crippen MR) is 121 cm³/mol. The minimum absolute atomic E-state index is 0.268. The van der Waals surface area contributed by atoms with Gasteiger partial charge in [0, 0.05) is 43.4 Å². The normalized spacial score (nSPS) is 15.1. The maximum atomic E-state index is 13.1. The minimum Gasteiger partial charge on any atom is -0.493 e. The van der Waals surface area contributed by atoms with Crippen LogP contribution in [0.2, 0.25) is 5.02 Å². The van der Waals surface area contributed by atoms with Gasteiger partial charge in [-0.2, -0.15) is 0 Å². The molecule has 7 heteroatoms. The molecule has 2 aromatic carbocycles. The summed E-state index contributed by atoms with van der Waals surface area (Å²) in [6, 6.07) is 10.9. The number of amides is 1. The van der Waals surface area contributed by atoms with Crippen LogP contribution in [0.5, 0.6) is 11.5 Å². The molecule has 1 heterocycles. The van der Waals surface area contributed by atoms with Gasteiger partial charge in [0.15, 0.2) is 0 Å². The molecule has 0 unspecified atom stereocenters. The van der Waals surface area contributed by atoms with Crippen molar-refractivity contribution in [1.82, 2.24) is 9.80 Å². The van der Waals surface area contributed by atoms with Crippen LogP contribution in [0.3, 0.4) is 0 Å². The van der Waals surface area contributed by atoms with E-state index in [1.807, 2.05) is 32.0 Å². The van der Waals surface area contributed by atoms with Crippen LogP contribution in [0.1, 0.15) is 22.8 Å². The molecule has 6 nitrogen and oxygen atoms in total. The molecule has 2 aromatic rings. The van der Waals surface area contributed by atoms with E-state index in [0.717, 1.165) is 38.3 Å². The van der Waals surface area contributed by atoms with Gasteiger partial charge in [0.1, 0.15) is 23.7 Å². The van der Waals surface area contributed by atoms with Gasteiger partial charge in [-0.3, -0.25) is 9.69 Å². The predicted octanol–water partition coefficient (Wildman–Crippen LogP) is 3.93. The Balaban J connectivity index is 1.72. The highest BCUT2D eigenvalue weighted by molar-refractivity contribution is 6.31. The highest BCUT2D eigenvalue weighted by Gasteiger charge is 2.20. The second-order valence-electron chi connectivity index (χ2n) is 7.47. The zero-order chi connectivity index (χ0) is 21.5. The molecule has 30 heavy (non-hydrogen) atoms. The van der Waals surface area contributed by atoms with Crippen molar-refractivity contribution in [2.24, 2.45) is 0 Å². The van der Waals surface area contributed by atoms with Crippen molar-refractivity contribution in [3.63, 3.8) is 0 Å². The molecule has 0 saturated carbocycles. The van der Waals surface area contributed by atoms with E-state index in [-0.39, 0.29) is 5.91 Å². The number of halogens is 1. The van der Waals surface area contributed by atoms with Crippen molar-refractivity contribution < 1.29 is 14.3 Å². The molecule has 1 saturated heterocycles. The average molecular weight is 432 g/mol. The Labute approximate surface area is 183 Å². The highest BCUT2D eigenvalue weighted by Crippen LogP contribution is 2.30. The number of hydrogen-bond acceptors (Lipinski definition) is 5. The summed E-state index contributed by atoms with van der Waals surface area (Å²) in [4.78, 5) is 17.8. The van der Waals surface area contributed by atoms with Gasteiger partial charge >= 0.3 is 0 Å². The van der Waals surface area contributed by atoms with E-state index >= 15 is 0 Å². The smallest absolute Gasteiger partial charge is 0.263 e. The van der Waals surface area contributed by atoms with Crippen molar-refractivity contribution in [1.29, 1.82) is 0 Å². The van der Waals surface area contributed by atoms with E-state index in [4.69, 9.17) is 21.1 Å². The summed E-state index contributed by atoms with van der Waals surface area (Å²) >= 11 is 6.10. The molecule has 162 valence electrons. The lowest BCUT2D eigenvalue weighted by molar-refractivity contribution is 0.101. The maximum Gasteiger partial charge on any atom is 0.263 e. The van der Waals surface area contributed by atoms with Gasteiger partial charge in [0.2, 0.25) is 0 Å². The lowest BCUT2D eigenvalue weighted by Crippen LogP contribution is -2.45. The third kappa shape index (κ3) is 5.88. The Hall–Kier alpha value is -2.28. The molecule has 1 aliphatic rings. The number of rotatable bonds is 8. The summed E-state index contributed by atoms with van der Waals surface area (Å²) in [5.74, 6) is 0.770. The second kappa shape index (κ2) is 10.7. The minimum atomic E-state index is -0.268. The number of hydrogen-bond donors (Lipinski definition) is 1. The number of nitrogens with zero attached hydrogens (tertiary/aromatic N) is 2. The number of ether oxygens (including phenoxy) is 2. The number of benzene rings is 2. The van der Waals surface area contributed by atoms with E-state index in [1.54, 1.807) is 18.2 Å². The van der Waals surface area contributed by atoms with Crippen LogP contribution in [-0.4, -0.2) is 68.7 Å². The zero-order valence-electron chi connectivity index (χ0n) is 17.9. The first-order valence-electron chi connectivity index (χ1n) is 10.3. The number of carbonyl (C=O) groups excluding carboxylic acids is 1. The van der Waals surface area contributed by atoms with Gasteiger partial charge < -0.3 is 19.7 Å². The molecular weight excluding hydrogens is 402 g/mol. The van der Waals surface area contributed by atoms with Crippen molar-refractivity contribution in [3.8, 4) is 11.5 Å². The molecule has 1 fully saturated rings. The second-order valence-corrected chi connectivity index (χ2v) is 7.88. The van der Waals surface area contributed by atoms with Crippen LogP contribution in [0, 0.1) is 6.92 Å². The van der Waals surface area contributed by atoms with Crippen LogP contribution in [0.25, 0.3) is 0 Å². The molecule has 0 spiro atoms. The summed E-state index contributed by atoms with van der Waals surface area (Å²) in [6.45, 7) is 9.78. The van der Waals surface area contributed by atoms with Crippen LogP contribution < -0.4 is 14.8 Å². The van der Waals surface area contributed by atoms with Crippen molar-refractivity contribution in [2.45, 2.75) is 13.8 Å². The number of carbonyl (C=O) groups is 1. The van der Waals surface area contributed by atoms with Gasteiger partial charge in [-0.05, 0) is 56.8 Å². The first-order valence-corrected chi connectivity index (χ1v) is 10.7. The molecule has 0 aromatic heterocycles.